The molecule has 0 spiro atoms. The van der Waals surface area contributed by atoms with Gasteiger partial charge in [-0.15, -0.1) is 0 Å². The number of nitrogens with zero attached hydrogens (tertiary/aromatic N) is 1. The van der Waals surface area contributed by atoms with E-state index in [0.29, 0.717) is 5.71 Å². The van der Waals surface area contributed by atoms with E-state index in [4.69, 9.17) is 0 Å². The fraction of sp³-hybridized carbons (Fsp3) is 0.312. The van der Waals surface area contributed by atoms with Gasteiger partial charge in [0.15, 0.2) is 34.9 Å². The summed E-state index contributed by atoms with van der Waals surface area (Å²) in [6, 6.07) is 0. The Bertz CT molecular complexity index is 823. The van der Waals surface area contributed by atoms with E-state index < -0.39 is 64.0 Å². The molecule has 2 rings (SSSR count). The van der Waals surface area contributed by atoms with Crippen LogP contribution in [0.2, 0.25) is 0 Å². The lowest BCUT2D eigenvalue weighted by Crippen LogP contribution is -2.14. The molecule has 9 heteroatoms. The van der Waals surface area contributed by atoms with Gasteiger partial charge in [-0.05, 0) is 12.8 Å². The van der Waals surface area contributed by atoms with Gasteiger partial charge < -0.3 is 0 Å². The van der Waals surface area contributed by atoms with E-state index in [1.807, 2.05) is 5.43 Å². The molecule has 0 amide bonds. The summed E-state index contributed by atoms with van der Waals surface area (Å²) >= 11 is 0. The third kappa shape index (κ3) is 3.27. The second-order valence-corrected chi connectivity index (χ2v) is 5.71. The van der Waals surface area contributed by atoms with Crippen LogP contribution < -0.4 is 5.43 Å². The first-order valence-corrected chi connectivity index (χ1v) is 7.17. The molecule has 0 unspecified atom stereocenters. The number of halogens is 7. The zero-order chi connectivity index (χ0) is 19.0. The number of rotatable bonds is 3. The van der Waals surface area contributed by atoms with E-state index in [0.717, 1.165) is 0 Å². The monoisotopic (exact) mass is 366 g/mol. The number of benzene rings is 1. The first-order valence-electron chi connectivity index (χ1n) is 7.17. The van der Waals surface area contributed by atoms with Gasteiger partial charge in [0.25, 0.3) is 0 Å². The average molecular weight is 366 g/mol. The molecule has 0 radical (unpaired) electrons. The summed E-state index contributed by atoms with van der Waals surface area (Å²) in [6.07, 6.45) is -1.29. The standard InChI is InChI=1S/C16H13F7N2/c1-5(2)6(3)24-25-16-11(19)8(17)4-7-9(13(16)21)12(20)15(23)14(22)10(7)18/h5,25H,4H2,1-3H3. The molecule has 0 fully saturated rings. The van der Waals surface area contributed by atoms with Crippen molar-refractivity contribution in [2.75, 3.05) is 0 Å². The Balaban J connectivity index is 2.74. The molecule has 25 heavy (non-hydrogen) atoms. The van der Waals surface area contributed by atoms with Crippen LogP contribution in [0, 0.1) is 29.2 Å². The molecule has 2 nitrogen and oxygen atoms in total. The van der Waals surface area contributed by atoms with Crippen molar-refractivity contribution in [3.63, 3.8) is 0 Å². The smallest absolute Gasteiger partial charge is 0.198 e. The Morgan fingerprint density at radius 2 is 1.44 bits per heavy atom. The molecular weight excluding hydrogens is 353 g/mol. The molecule has 1 N–H and O–H groups in total. The molecule has 0 saturated carbocycles. The number of hydrazone groups is 1. The minimum absolute atomic E-state index is 0.133. The van der Waals surface area contributed by atoms with E-state index in [1.54, 1.807) is 13.8 Å². The number of hydrogen-bond donors (Lipinski definition) is 1. The number of fused-ring (bicyclic) bond motifs is 1. The van der Waals surface area contributed by atoms with E-state index in [9.17, 15) is 30.7 Å². The first-order chi connectivity index (χ1) is 11.6. The van der Waals surface area contributed by atoms with Crippen LogP contribution in [0.1, 0.15) is 31.9 Å². The minimum Gasteiger partial charge on any atom is -0.273 e. The number of allylic oxidation sites excluding steroid dienone is 2. The second kappa shape index (κ2) is 6.89. The van der Waals surface area contributed by atoms with Crippen molar-refractivity contribution in [1.29, 1.82) is 0 Å². The van der Waals surface area contributed by atoms with Gasteiger partial charge in [0.2, 0.25) is 0 Å². The van der Waals surface area contributed by atoms with Gasteiger partial charge in [-0.3, -0.25) is 5.43 Å². The summed E-state index contributed by atoms with van der Waals surface area (Å²) in [6.45, 7) is 4.94. The molecule has 1 aromatic rings. The van der Waals surface area contributed by atoms with E-state index >= 15 is 0 Å². The molecule has 0 atom stereocenters. The highest BCUT2D eigenvalue weighted by Gasteiger charge is 2.34. The van der Waals surface area contributed by atoms with Gasteiger partial charge in [0.1, 0.15) is 11.5 Å². The molecule has 136 valence electrons. The molecule has 1 aliphatic rings. The maximum Gasteiger partial charge on any atom is 0.198 e. The van der Waals surface area contributed by atoms with Gasteiger partial charge in [0.05, 0.1) is 5.56 Å². The lowest BCUT2D eigenvalue weighted by atomic mass is 10.0. The van der Waals surface area contributed by atoms with Gasteiger partial charge in [-0.2, -0.15) is 5.10 Å². The SMILES string of the molecule is CC(=NNC1=C(F)c2c(F)c(F)c(F)c(F)c2CC(F)=C1F)C(C)C. The summed E-state index contributed by atoms with van der Waals surface area (Å²) in [5, 5.41) is 3.63. The van der Waals surface area contributed by atoms with Crippen molar-refractivity contribution in [3.05, 3.63) is 51.7 Å². The van der Waals surface area contributed by atoms with Crippen LogP contribution >= 0.6 is 0 Å². The average Bonchev–Trinajstić information content (AvgIpc) is 2.65. The maximum absolute atomic E-state index is 14.5. The van der Waals surface area contributed by atoms with Crippen molar-refractivity contribution in [2.24, 2.45) is 11.0 Å². The Morgan fingerprint density at radius 3 is 2.00 bits per heavy atom. The summed E-state index contributed by atoms with van der Waals surface area (Å²) in [7, 11) is 0. The number of nitrogens with one attached hydrogen (secondary N) is 1. The molecule has 0 aliphatic heterocycles. The molecule has 0 aromatic heterocycles. The van der Waals surface area contributed by atoms with E-state index in [1.165, 1.54) is 6.92 Å². The third-order valence-electron chi connectivity index (χ3n) is 3.77. The summed E-state index contributed by atoms with van der Waals surface area (Å²) in [5.74, 6) is -14.0. The molecule has 1 aliphatic carbocycles. The predicted octanol–water partition coefficient (Wildman–Crippen LogP) is 5.21. The fourth-order valence-electron chi connectivity index (χ4n) is 2.03. The zero-order valence-corrected chi connectivity index (χ0v) is 13.4. The zero-order valence-electron chi connectivity index (χ0n) is 13.4. The van der Waals surface area contributed by atoms with Crippen LogP contribution in [0.25, 0.3) is 5.83 Å². The highest BCUT2D eigenvalue weighted by molar-refractivity contribution is 5.83. The van der Waals surface area contributed by atoms with E-state index in [2.05, 4.69) is 5.10 Å². The van der Waals surface area contributed by atoms with E-state index in [-0.39, 0.29) is 5.92 Å². The van der Waals surface area contributed by atoms with Crippen molar-refractivity contribution in [3.8, 4) is 0 Å². The molecule has 1 aromatic carbocycles. The van der Waals surface area contributed by atoms with Gasteiger partial charge in [-0.25, -0.2) is 30.7 Å². The summed E-state index contributed by atoms with van der Waals surface area (Å²) in [4.78, 5) is 0. The lowest BCUT2D eigenvalue weighted by molar-refractivity contribution is 0.400. The van der Waals surface area contributed by atoms with Gasteiger partial charge >= 0.3 is 0 Å². The van der Waals surface area contributed by atoms with Crippen molar-refractivity contribution < 1.29 is 30.7 Å². The first kappa shape index (κ1) is 19.0. The van der Waals surface area contributed by atoms with Crippen LogP contribution in [0.3, 0.4) is 0 Å². The third-order valence-corrected chi connectivity index (χ3v) is 3.77. The van der Waals surface area contributed by atoms with Crippen LogP contribution in [0.5, 0.6) is 0 Å². The quantitative estimate of drug-likeness (QED) is 0.257. The van der Waals surface area contributed by atoms with Crippen LogP contribution in [0.15, 0.2) is 22.5 Å². The highest BCUT2D eigenvalue weighted by atomic mass is 19.2. The van der Waals surface area contributed by atoms with Crippen LogP contribution in [-0.4, -0.2) is 5.71 Å². The van der Waals surface area contributed by atoms with Crippen LogP contribution in [0.4, 0.5) is 30.7 Å². The predicted molar refractivity (Wildman–Crippen MR) is 78.3 cm³/mol. The summed E-state index contributed by atoms with van der Waals surface area (Å²) < 4.78 is 96.9. The Morgan fingerprint density at radius 1 is 0.880 bits per heavy atom. The molecular formula is C16H13F7N2. The minimum atomic E-state index is -2.28. The number of hydrogen-bond acceptors (Lipinski definition) is 2. The van der Waals surface area contributed by atoms with Crippen LogP contribution in [-0.2, 0) is 6.42 Å². The Kier molecular flexibility index (Phi) is 5.24. The van der Waals surface area contributed by atoms with Crippen molar-refractivity contribution in [1.82, 2.24) is 5.43 Å². The Labute approximate surface area is 138 Å². The largest absolute Gasteiger partial charge is 0.273 e. The second-order valence-electron chi connectivity index (χ2n) is 5.71. The normalized spacial score (nSPS) is 15.7. The summed E-state index contributed by atoms with van der Waals surface area (Å²) in [5.41, 5.74) is -1.51. The topological polar surface area (TPSA) is 24.4 Å². The molecule has 0 bridgehead atoms. The Hall–Kier alpha value is -2.32. The van der Waals surface area contributed by atoms with Crippen molar-refractivity contribution in [2.45, 2.75) is 27.2 Å². The maximum atomic E-state index is 14.5. The van der Waals surface area contributed by atoms with Gasteiger partial charge in [-0.1, -0.05) is 13.8 Å². The molecule has 0 heterocycles. The van der Waals surface area contributed by atoms with Gasteiger partial charge in [0, 0.05) is 17.7 Å². The highest BCUT2D eigenvalue weighted by Crippen LogP contribution is 2.38. The van der Waals surface area contributed by atoms with Crippen molar-refractivity contribution >= 4 is 11.5 Å². The lowest BCUT2D eigenvalue weighted by Gasteiger charge is -2.11. The fourth-order valence-corrected chi connectivity index (χ4v) is 2.03. The molecule has 0 saturated heterocycles.